The fourth-order valence-electron chi connectivity index (χ4n) is 0.980. The van der Waals surface area contributed by atoms with E-state index in [9.17, 15) is 9.00 Å². The average Bonchev–Trinajstić information content (AvgIpc) is 2.11. The Hall–Kier alpha value is -0.420. The number of hydrogen-bond donors (Lipinski definition) is 1. The van der Waals surface area contributed by atoms with Crippen molar-refractivity contribution in [2.45, 2.75) is 52.3 Å². The first-order valence-corrected chi connectivity index (χ1v) is 6.69. The van der Waals surface area contributed by atoms with Crippen molar-refractivity contribution in [2.75, 3.05) is 6.61 Å². The standard InChI is InChI=1S/C11H23NO3S/c1-7-15-10(13)9(8(2)3)12-16(14)11(4,5)6/h8-9,12H,7H2,1-6H3/t9-,16-/m0/s1. The van der Waals surface area contributed by atoms with Crippen molar-refractivity contribution in [2.24, 2.45) is 5.92 Å². The normalized spacial score (nSPS) is 15.9. The van der Waals surface area contributed by atoms with Crippen LogP contribution in [0.5, 0.6) is 0 Å². The summed E-state index contributed by atoms with van der Waals surface area (Å²) in [6.07, 6.45) is 0. The van der Waals surface area contributed by atoms with Crippen LogP contribution in [-0.2, 0) is 20.5 Å². The highest BCUT2D eigenvalue weighted by molar-refractivity contribution is 7.84. The quantitative estimate of drug-likeness (QED) is 0.753. The molecule has 2 atom stereocenters. The van der Waals surface area contributed by atoms with Crippen molar-refractivity contribution in [3.63, 3.8) is 0 Å². The maximum absolute atomic E-state index is 11.9. The smallest absolute Gasteiger partial charge is 0.324 e. The van der Waals surface area contributed by atoms with Crippen molar-refractivity contribution in [1.29, 1.82) is 0 Å². The van der Waals surface area contributed by atoms with Crippen LogP contribution in [0.25, 0.3) is 0 Å². The number of nitrogens with one attached hydrogen (secondary N) is 1. The molecule has 0 rings (SSSR count). The minimum absolute atomic E-state index is 0.0466. The molecular weight excluding hydrogens is 226 g/mol. The van der Waals surface area contributed by atoms with E-state index in [0.29, 0.717) is 6.61 Å². The third-order valence-electron chi connectivity index (χ3n) is 2.00. The highest BCUT2D eigenvalue weighted by Gasteiger charge is 2.29. The van der Waals surface area contributed by atoms with Gasteiger partial charge < -0.3 is 4.74 Å². The summed E-state index contributed by atoms with van der Waals surface area (Å²) in [4.78, 5) is 11.6. The van der Waals surface area contributed by atoms with Crippen LogP contribution in [0.15, 0.2) is 0 Å². The number of ether oxygens (including phenoxy) is 1. The Kier molecular flexibility index (Phi) is 6.18. The first-order chi connectivity index (χ1) is 7.20. The average molecular weight is 249 g/mol. The van der Waals surface area contributed by atoms with E-state index in [4.69, 9.17) is 4.74 Å². The van der Waals surface area contributed by atoms with E-state index in [1.807, 2.05) is 34.6 Å². The molecule has 0 radical (unpaired) electrons. The fraction of sp³-hybridized carbons (Fsp3) is 0.909. The first kappa shape index (κ1) is 15.6. The van der Waals surface area contributed by atoms with Gasteiger partial charge in [-0.05, 0) is 33.6 Å². The van der Waals surface area contributed by atoms with Gasteiger partial charge in [-0.15, -0.1) is 0 Å². The molecule has 16 heavy (non-hydrogen) atoms. The van der Waals surface area contributed by atoms with Crippen LogP contribution in [0.2, 0.25) is 0 Å². The van der Waals surface area contributed by atoms with Crippen LogP contribution in [0, 0.1) is 5.92 Å². The van der Waals surface area contributed by atoms with E-state index in [1.165, 1.54) is 0 Å². The first-order valence-electron chi connectivity index (χ1n) is 5.54. The van der Waals surface area contributed by atoms with Gasteiger partial charge >= 0.3 is 5.97 Å². The Morgan fingerprint density at radius 2 is 1.88 bits per heavy atom. The third-order valence-corrected chi connectivity index (χ3v) is 3.58. The van der Waals surface area contributed by atoms with Crippen molar-refractivity contribution in [1.82, 2.24) is 4.72 Å². The summed E-state index contributed by atoms with van der Waals surface area (Å²) < 4.78 is 19.3. The molecule has 0 saturated heterocycles. The second-order valence-corrected chi connectivity index (χ2v) is 6.97. The zero-order valence-electron chi connectivity index (χ0n) is 11.0. The van der Waals surface area contributed by atoms with Crippen molar-refractivity contribution in [3.8, 4) is 0 Å². The molecular formula is C11H23NO3S. The summed E-state index contributed by atoms with van der Waals surface area (Å²) in [5.41, 5.74) is 0. The zero-order valence-corrected chi connectivity index (χ0v) is 11.8. The predicted molar refractivity (Wildman–Crippen MR) is 66.3 cm³/mol. The Morgan fingerprint density at radius 3 is 2.19 bits per heavy atom. The number of hydrogen-bond acceptors (Lipinski definition) is 3. The highest BCUT2D eigenvalue weighted by Crippen LogP contribution is 2.12. The van der Waals surface area contributed by atoms with Gasteiger partial charge in [-0.1, -0.05) is 13.8 Å². The molecule has 5 heteroatoms. The molecule has 0 bridgehead atoms. The topological polar surface area (TPSA) is 55.4 Å². The maximum atomic E-state index is 11.9. The Labute approximate surface area is 101 Å². The van der Waals surface area contributed by atoms with Crippen LogP contribution >= 0.6 is 0 Å². The van der Waals surface area contributed by atoms with E-state index in [2.05, 4.69) is 4.72 Å². The molecule has 0 aromatic rings. The molecule has 0 aromatic heterocycles. The Balaban J connectivity index is 4.59. The van der Waals surface area contributed by atoms with Crippen molar-refractivity contribution < 1.29 is 13.7 Å². The van der Waals surface area contributed by atoms with Crippen molar-refractivity contribution in [3.05, 3.63) is 0 Å². The van der Waals surface area contributed by atoms with Crippen LogP contribution in [0.4, 0.5) is 0 Å². The minimum atomic E-state index is -1.26. The monoisotopic (exact) mass is 249 g/mol. The van der Waals surface area contributed by atoms with Crippen LogP contribution < -0.4 is 4.72 Å². The Morgan fingerprint density at radius 1 is 1.38 bits per heavy atom. The number of esters is 1. The van der Waals surface area contributed by atoms with Gasteiger partial charge in [0.05, 0.1) is 22.3 Å². The number of rotatable bonds is 5. The third kappa shape index (κ3) is 5.07. The largest absolute Gasteiger partial charge is 0.465 e. The van der Waals surface area contributed by atoms with Crippen molar-refractivity contribution >= 4 is 17.0 Å². The lowest BCUT2D eigenvalue weighted by Crippen LogP contribution is -2.47. The molecule has 0 aromatic carbocycles. The molecule has 0 aliphatic carbocycles. The molecule has 96 valence electrons. The van der Waals surface area contributed by atoms with E-state index in [0.717, 1.165) is 0 Å². The molecule has 4 nitrogen and oxygen atoms in total. The molecule has 0 spiro atoms. The maximum Gasteiger partial charge on any atom is 0.324 e. The molecule has 0 aliphatic rings. The molecule has 0 aliphatic heterocycles. The molecule has 0 fully saturated rings. The van der Waals surface area contributed by atoms with Gasteiger partial charge in [-0.3, -0.25) is 4.79 Å². The van der Waals surface area contributed by atoms with Gasteiger partial charge in [0.2, 0.25) is 0 Å². The molecule has 1 N–H and O–H groups in total. The molecule has 0 unspecified atom stereocenters. The summed E-state index contributed by atoms with van der Waals surface area (Å²) in [7, 11) is -1.26. The number of carbonyl (C=O) groups excluding carboxylic acids is 1. The lowest BCUT2D eigenvalue weighted by Gasteiger charge is -2.25. The molecule has 0 heterocycles. The summed E-state index contributed by atoms with van der Waals surface area (Å²) in [5, 5.41) is 0. The number of carbonyl (C=O) groups is 1. The zero-order chi connectivity index (χ0) is 12.9. The van der Waals surface area contributed by atoms with Crippen LogP contribution in [0.3, 0.4) is 0 Å². The van der Waals surface area contributed by atoms with Gasteiger partial charge in [0.25, 0.3) is 0 Å². The second kappa shape index (κ2) is 6.35. The minimum Gasteiger partial charge on any atom is -0.465 e. The van der Waals surface area contributed by atoms with E-state index >= 15 is 0 Å². The highest BCUT2D eigenvalue weighted by atomic mass is 32.2. The fourth-order valence-corrected chi connectivity index (χ4v) is 1.93. The summed E-state index contributed by atoms with van der Waals surface area (Å²) in [6.45, 7) is 11.5. The van der Waals surface area contributed by atoms with Gasteiger partial charge in [-0.25, -0.2) is 8.93 Å². The summed E-state index contributed by atoms with van der Waals surface area (Å²) in [6, 6.07) is -0.514. The van der Waals surface area contributed by atoms with Crippen LogP contribution in [-0.4, -0.2) is 27.6 Å². The second-order valence-electron chi connectivity index (χ2n) is 4.97. The lowest BCUT2D eigenvalue weighted by atomic mass is 10.1. The van der Waals surface area contributed by atoms with E-state index < -0.39 is 17.0 Å². The van der Waals surface area contributed by atoms with Gasteiger partial charge in [-0.2, -0.15) is 0 Å². The SMILES string of the molecule is CCOC(=O)[C@@H](N[S@@](=O)C(C)(C)C)C(C)C. The summed E-state index contributed by atoms with van der Waals surface area (Å²) in [5.74, 6) is -0.291. The summed E-state index contributed by atoms with van der Waals surface area (Å²) >= 11 is 0. The van der Waals surface area contributed by atoms with E-state index in [-0.39, 0.29) is 16.6 Å². The Bertz CT molecular complexity index is 258. The van der Waals surface area contributed by atoms with Crippen LogP contribution in [0.1, 0.15) is 41.5 Å². The molecule has 0 amide bonds. The van der Waals surface area contributed by atoms with Gasteiger partial charge in [0.1, 0.15) is 6.04 Å². The van der Waals surface area contributed by atoms with Gasteiger partial charge in [0.15, 0.2) is 0 Å². The van der Waals surface area contributed by atoms with Gasteiger partial charge in [0, 0.05) is 0 Å². The molecule has 0 saturated carbocycles. The lowest BCUT2D eigenvalue weighted by molar-refractivity contribution is -0.146. The predicted octanol–water partition coefficient (Wildman–Crippen LogP) is 1.63. The van der Waals surface area contributed by atoms with E-state index in [1.54, 1.807) is 6.92 Å².